The van der Waals surface area contributed by atoms with Crippen LogP contribution in [0.25, 0.3) is 0 Å². The molecule has 10 heavy (non-hydrogen) atoms. The largest absolute Gasteiger partial charge is 0.339 e. The number of amides is 1. The lowest BCUT2D eigenvalue weighted by atomic mass is 10.1. The summed E-state index contributed by atoms with van der Waals surface area (Å²) in [4.78, 5) is 10.6. The number of carbonyl (C=O) groups excluding carboxylic acids is 1. The van der Waals surface area contributed by atoms with Crippen molar-refractivity contribution >= 4 is 17.5 Å². The van der Waals surface area contributed by atoms with Gasteiger partial charge in [-0.25, -0.2) is 0 Å². The quantitative estimate of drug-likeness (QED) is 0.468. The SMILES string of the molecule is C#CC(=O)NC(C)(C)CCl. The van der Waals surface area contributed by atoms with Crippen LogP contribution in [0.4, 0.5) is 0 Å². The Morgan fingerprint density at radius 1 is 1.80 bits per heavy atom. The van der Waals surface area contributed by atoms with Crippen molar-refractivity contribution in [2.24, 2.45) is 0 Å². The lowest BCUT2D eigenvalue weighted by Crippen LogP contribution is -2.44. The zero-order valence-electron chi connectivity index (χ0n) is 6.07. The third-order valence-electron chi connectivity index (χ3n) is 0.917. The van der Waals surface area contributed by atoms with Gasteiger partial charge in [0, 0.05) is 11.4 Å². The van der Waals surface area contributed by atoms with Crippen LogP contribution in [0.2, 0.25) is 0 Å². The van der Waals surface area contributed by atoms with Gasteiger partial charge < -0.3 is 5.32 Å². The summed E-state index contributed by atoms with van der Waals surface area (Å²) in [5, 5.41) is 2.55. The van der Waals surface area contributed by atoms with Crippen molar-refractivity contribution < 1.29 is 4.79 Å². The summed E-state index contributed by atoms with van der Waals surface area (Å²) >= 11 is 5.51. The third kappa shape index (κ3) is 3.37. The molecule has 0 unspecified atom stereocenters. The molecule has 0 fully saturated rings. The van der Waals surface area contributed by atoms with Crippen LogP contribution in [0, 0.1) is 12.3 Å². The van der Waals surface area contributed by atoms with E-state index in [1.807, 2.05) is 5.92 Å². The van der Waals surface area contributed by atoms with E-state index in [1.165, 1.54) is 0 Å². The number of nitrogens with one attached hydrogen (secondary N) is 1. The molecule has 3 heteroatoms. The number of terminal acetylenes is 1. The van der Waals surface area contributed by atoms with Gasteiger partial charge in [-0.2, -0.15) is 0 Å². The molecule has 2 nitrogen and oxygen atoms in total. The number of carbonyl (C=O) groups is 1. The van der Waals surface area contributed by atoms with Gasteiger partial charge in [-0.15, -0.1) is 18.0 Å². The second kappa shape index (κ2) is 3.48. The fourth-order valence-corrected chi connectivity index (χ4v) is 0.444. The second-order valence-electron chi connectivity index (χ2n) is 2.62. The van der Waals surface area contributed by atoms with Gasteiger partial charge in [0.1, 0.15) is 0 Å². The Morgan fingerprint density at radius 3 is 2.60 bits per heavy atom. The molecule has 0 bridgehead atoms. The fourth-order valence-electron chi connectivity index (χ4n) is 0.377. The van der Waals surface area contributed by atoms with E-state index in [2.05, 4.69) is 5.32 Å². The first-order valence-electron chi connectivity index (χ1n) is 2.86. The molecule has 0 heterocycles. The van der Waals surface area contributed by atoms with E-state index in [0.29, 0.717) is 5.88 Å². The Bertz CT molecular complexity index is 169. The van der Waals surface area contributed by atoms with Crippen LogP contribution in [0.5, 0.6) is 0 Å². The highest BCUT2D eigenvalue weighted by atomic mass is 35.5. The number of halogens is 1. The van der Waals surface area contributed by atoms with Crippen molar-refractivity contribution in [3.63, 3.8) is 0 Å². The zero-order valence-corrected chi connectivity index (χ0v) is 6.83. The van der Waals surface area contributed by atoms with Gasteiger partial charge in [0.2, 0.25) is 0 Å². The smallest absolute Gasteiger partial charge is 0.296 e. The average Bonchev–Trinajstić information content (AvgIpc) is 1.87. The average molecular weight is 160 g/mol. The topological polar surface area (TPSA) is 29.1 Å². The van der Waals surface area contributed by atoms with Crippen LogP contribution >= 0.6 is 11.6 Å². The van der Waals surface area contributed by atoms with Gasteiger partial charge in [-0.05, 0) is 19.8 Å². The number of rotatable bonds is 2. The van der Waals surface area contributed by atoms with E-state index >= 15 is 0 Å². The minimum absolute atomic E-state index is 0.348. The molecule has 0 aromatic rings. The van der Waals surface area contributed by atoms with Crippen LogP contribution in [0.1, 0.15) is 13.8 Å². The van der Waals surface area contributed by atoms with Crippen LogP contribution in [-0.4, -0.2) is 17.3 Å². The minimum Gasteiger partial charge on any atom is -0.339 e. The normalized spacial score (nSPS) is 10.2. The molecular weight excluding hydrogens is 150 g/mol. The van der Waals surface area contributed by atoms with E-state index in [9.17, 15) is 4.79 Å². The minimum atomic E-state index is -0.425. The molecule has 0 aliphatic heterocycles. The van der Waals surface area contributed by atoms with Gasteiger partial charge >= 0.3 is 0 Å². The first-order valence-corrected chi connectivity index (χ1v) is 3.40. The highest BCUT2D eigenvalue weighted by Crippen LogP contribution is 2.02. The van der Waals surface area contributed by atoms with Crippen molar-refractivity contribution in [1.82, 2.24) is 5.32 Å². The zero-order chi connectivity index (χ0) is 8.20. The van der Waals surface area contributed by atoms with Crippen molar-refractivity contribution in [2.75, 3.05) is 5.88 Å². The number of hydrogen-bond acceptors (Lipinski definition) is 1. The number of hydrogen-bond donors (Lipinski definition) is 1. The maximum atomic E-state index is 10.6. The van der Waals surface area contributed by atoms with Crippen molar-refractivity contribution in [2.45, 2.75) is 19.4 Å². The summed E-state index contributed by atoms with van der Waals surface area (Å²) in [5.41, 5.74) is -0.412. The fraction of sp³-hybridized carbons (Fsp3) is 0.571. The highest BCUT2D eigenvalue weighted by Gasteiger charge is 2.17. The maximum absolute atomic E-state index is 10.6. The first-order chi connectivity index (χ1) is 4.52. The van der Waals surface area contributed by atoms with Gasteiger partial charge in [0.05, 0.1) is 0 Å². The molecule has 0 aromatic heterocycles. The predicted octanol–water partition coefficient (Wildman–Crippen LogP) is 0.753. The van der Waals surface area contributed by atoms with Gasteiger partial charge in [-0.3, -0.25) is 4.79 Å². The van der Waals surface area contributed by atoms with Gasteiger partial charge in [-0.1, -0.05) is 0 Å². The molecule has 0 rings (SSSR count). The summed E-state index contributed by atoms with van der Waals surface area (Å²) in [5.74, 6) is 1.87. The summed E-state index contributed by atoms with van der Waals surface area (Å²) in [6.07, 6.45) is 4.83. The number of alkyl halides is 1. The molecule has 0 aliphatic rings. The summed E-state index contributed by atoms with van der Waals surface area (Å²) < 4.78 is 0. The predicted molar refractivity (Wildman–Crippen MR) is 41.8 cm³/mol. The molecule has 1 N–H and O–H groups in total. The van der Waals surface area contributed by atoms with Crippen LogP contribution in [-0.2, 0) is 4.79 Å². The highest BCUT2D eigenvalue weighted by molar-refractivity contribution is 6.18. The molecule has 0 aromatic carbocycles. The van der Waals surface area contributed by atoms with E-state index in [-0.39, 0.29) is 0 Å². The Hall–Kier alpha value is -0.680. The van der Waals surface area contributed by atoms with Gasteiger partial charge in [0.25, 0.3) is 5.91 Å². The molecule has 1 amide bonds. The molecular formula is C7H10ClNO. The lowest BCUT2D eigenvalue weighted by Gasteiger charge is -2.21. The van der Waals surface area contributed by atoms with E-state index in [0.717, 1.165) is 0 Å². The Labute approximate surface area is 65.9 Å². The van der Waals surface area contributed by atoms with Crippen LogP contribution in [0.15, 0.2) is 0 Å². The molecule has 0 saturated heterocycles. The lowest BCUT2D eigenvalue weighted by molar-refractivity contribution is -0.116. The molecule has 0 atom stereocenters. The Morgan fingerprint density at radius 2 is 2.30 bits per heavy atom. The second-order valence-corrected chi connectivity index (χ2v) is 2.88. The van der Waals surface area contributed by atoms with Crippen molar-refractivity contribution in [3.05, 3.63) is 0 Å². The van der Waals surface area contributed by atoms with Crippen molar-refractivity contribution in [1.29, 1.82) is 0 Å². The molecule has 0 aliphatic carbocycles. The Balaban J connectivity index is 3.91. The van der Waals surface area contributed by atoms with Crippen molar-refractivity contribution in [3.8, 4) is 12.3 Å². The van der Waals surface area contributed by atoms with Crippen LogP contribution in [0.3, 0.4) is 0 Å². The molecule has 0 spiro atoms. The van der Waals surface area contributed by atoms with Gasteiger partial charge in [0.15, 0.2) is 0 Å². The molecule has 56 valence electrons. The molecule has 0 saturated carbocycles. The third-order valence-corrected chi connectivity index (χ3v) is 1.59. The monoisotopic (exact) mass is 159 g/mol. The summed E-state index contributed by atoms with van der Waals surface area (Å²) in [6.45, 7) is 3.60. The van der Waals surface area contributed by atoms with E-state index in [1.54, 1.807) is 13.8 Å². The van der Waals surface area contributed by atoms with E-state index in [4.69, 9.17) is 18.0 Å². The molecule has 0 radical (unpaired) electrons. The first kappa shape index (κ1) is 9.32. The van der Waals surface area contributed by atoms with E-state index < -0.39 is 11.4 Å². The Kier molecular flexibility index (Phi) is 3.24. The summed E-state index contributed by atoms with van der Waals surface area (Å²) in [7, 11) is 0. The maximum Gasteiger partial charge on any atom is 0.296 e. The standard InChI is InChI=1S/C7H10ClNO/c1-4-6(10)9-7(2,3)5-8/h1H,5H2,2-3H3,(H,9,10). The van der Waals surface area contributed by atoms with Crippen LogP contribution < -0.4 is 5.32 Å². The summed E-state index contributed by atoms with van der Waals surface area (Å²) in [6, 6.07) is 0.